The van der Waals surface area contributed by atoms with Gasteiger partial charge in [-0.3, -0.25) is 4.99 Å². The number of hydrogen-bond donors (Lipinski definition) is 2. The molecule has 0 spiro atoms. The molecular formula is C14H14N2O4S. The lowest BCUT2D eigenvalue weighted by Crippen LogP contribution is -2.11. The molecule has 7 heteroatoms. The third-order valence-corrected chi connectivity index (χ3v) is 3.66. The van der Waals surface area contributed by atoms with E-state index in [9.17, 15) is 13.5 Å². The third-order valence-electron chi connectivity index (χ3n) is 2.75. The fraction of sp³-hybridized carbons (Fsp3) is 0.0714. The summed E-state index contributed by atoms with van der Waals surface area (Å²) in [6.07, 6.45) is 1.42. The van der Waals surface area contributed by atoms with Gasteiger partial charge in [-0.05, 0) is 30.3 Å². The largest absolute Gasteiger partial charge is 0.504 e. The molecule has 6 nitrogen and oxygen atoms in total. The average Bonchev–Trinajstić information content (AvgIpc) is 2.45. The molecule has 0 bridgehead atoms. The van der Waals surface area contributed by atoms with Crippen molar-refractivity contribution in [3.8, 4) is 11.5 Å². The Bertz CT molecular complexity index is 785. The predicted octanol–water partition coefficient (Wildman–Crippen LogP) is 1.80. The minimum atomic E-state index is -3.77. The molecule has 0 saturated heterocycles. The number of phenolic OH excluding ortho intramolecular Hbond substituents is 1. The number of nitrogens with two attached hydrogens (primary N) is 1. The van der Waals surface area contributed by atoms with Crippen LogP contribution in [0.4, 0.5) is 5.69 Å². The molecule has 3 N–H and O–H groups in total. The van der Waals surface area contributed by atoms with Gasteiger partial charge in [-0.2, -0.15) is 0 Å². The highest BCUT2D eigenvalue weighted by atomic mass is 32.2. The molecule has 0 aliphatic rings. The Labute approximate surface area is 122 Å². The molecule has 0 amide bonds. The highest BCUT2D eigenvalue weighted by Crippen LogP contribution is 2.28. The molecular weight excluding hydrogens is 292 g/mol. The second kappa shape index (κ2) is 5.94. The van der Waals surface area contributed by atoms with E-state index in [4.69, 9.17) is 9.88 Å². The van der Waals surface area contributed by atoms with Crippen LogP contribution < -0.4 is 9.88 Å². The fourth-order valence-corrected chi connectivity index (χ4v) is 2.25. The monoisotopic (exact) mass is 306 g/mol. The van der Waals surface area contributed by atoms with E-state index >= 15 is 0 Å². The standard InChI is InChI=1S/C14H14N2O4S/c1-20-13-7-2-4-10(14(13)17)9-16-11-5-3-6-12(8-11)21(15,18)19/h2-9,17H,1H3,(H2,15,18,19). The van der Waals surface area contributed by atoms with E-state index in [1.807, 2.05) is 0 Å². The number of primary sulfonamides is 1. The van der Waals surface area contributed by atoms with Gasteiger partial charge in [-0.25, -0.2) is 13.6 Å². The lowest BCUT2D eigenvalue weighted by Gasteiger charge is -2.05. The molecule has 0 aromatic heterocycles. The predicted molar refractivity (Wildman–Crippen MR) is 79.7 cm³/mol. The van der Waals surface area contributed by atoms with Gasteiger partial charge in [0.15, 0.2) is 11.5 Å². The molecule has 0 aliphatic heterocycles. The lowest BCUT2D eigenvalue weighted by molar-refractivity contribution is 0.373. The van der Waals surface area contributed by atoms with Gasteiger partial charge in [0.25, 0.3) is 0 Å². The molecule has 0 atom stereocenters. The van der Waals surface area contributed by atoms with Crippen LogP contribution in [0, 0.1) is 0 Å². The maximum absolute atomic E-state index is 11.3. The molecule has 2 rings (SSSR count). The first kappa shape index (κ1) is 15.0. The number of aromatic hydroxyl groups is 1. The zero-order valence-electron chi connectivity index (χ0n) is 11.2. The van der Waals surface area contributed by atoms with Gasteiger partial charge in [0.2, 0.25) is 10.0 Å². The van der Waals surface area contributed by atoms with E-state index < -0.39 is 10.0 Å². The van der Waals surface area contributed by atoms with Crippen LogP contribution in [-0.2, 0) is 10.0 Å². The first-order valence-corrected chi connectivity index (χ1v) is 7.49. The van der Waals surface area contributed by atoms with E-state index in [2.05, 4.69) is 4.99 Å². The second-order valence-corrected chi connectivity index (χ2v) is 5.76. The van der Waals surface area contributed by atoms with Crippen molar-refractivity contribution in [2.75, 3.05) is 7.11 Å². The highest BCUT2D eigenvalue weighted by molar-refractivity contribution is 7.89. The maximum Gasteiger partial charge on any atom is 0.238 e. The van der Waals surface area contributed by atoms with E-state index in [0.29, 0.717) is 17.0 Å². The molecule has 2 aromatic carbocycles. The lowest BCUT2D eigenvalue weighted by atomic mass is 10.2. The van der Waals surface area contributed by atoms with Gasteiger partial charge in [0.1, 0.15) is 0 Å². The number of hydrogen-bond acceptors (Lipinski definition) is 5. The second-order valence-electron chi connectivity index (χ2n) is 4.20. The summed E-state index contributed by atoms with van der Waals surface area (Å²) in [5, 5.41) is 15.0. The van der Waals surface area contributed by atoms with Crippen molar-refractivity contribution < 1.29 is 18.3 Å². The van der Waals surface area contributed by atoms with Gasteiger partial charge >= 0.3 is 0 Å². The van der Waals surface area contributed by atoms with Crippen LogP contribution in [0.3, 0.4) is 0 Å². The summed E-state index contributed by atoms with van der Waals surface area (Å²) in [6.45, 7) is 0. The SMILES string of the molecule is COc1cccc(C=Nc2cccc(S(N)(=O)=O)c2)c1O. The van der Waals surface area contributed by atoms with Gasteiger partial charge in [-0.15, -0.1) is 0 Å². The molecule has 0 fully saturated rings. The summed E-state index contributed by atoms with van der Waals surface area (Å²) < 4.78 is 27.5. The zero-order chi connectivity index (χ0) is 15.5. The van der Waals surface area contributed by atoms with Crippen molar-refractivity contribution in [2.24, 2.45) is 10.1 Å². The number of ether oxygens (including phenoxy) is 1. The van der Waals surface area contributed by atoms with E-state index in [1.165, 1.54) is 31.5 Å². The van der Waals surface area contributed by atoms with Crippen molar-refractivity contribution in [2.45, 2.75) is 4.90 Å². The number of para-hydroxylation sites is 1. The smallest absolute Gasteiger partial charge is 0.238 e. The van der Waals surface area contributed by atoms with Crippen LogP contribution in [0.2, 0.25) is 0 Å². The fourth-order valence-electron chi connectivity index (χ4n) is 1.69. The number of methoxy groups -OCH3 is 1. The zero-order valence-corrected chi connectivity index (χ0v) is 12.0. The van der Waals surface area contributed by atoms with Gasteiger partial charge in [-0.1, -0.05) is 12.1 Å². The summed E-state index contributed by atoms with van der Waals surface area (Å²) >= 11 is 0. The number of phenols is 1. The Balaban J connectivity index is 2.34. The third kappa shape index (κ3) is 3.59. The summed E-state index contributed by atoms with van der Waals surface area (Å²) in [5.74, 6) is 0.295. The van der Waals surface area contributed by atoms with Crippen molar-refractivity contribution in [3.63, 3.8) is 0 Å². The molecule has 0 unspecified atom stereocenters. The van der Waals surface area contributed by atoms with Crippen LogP contribution in [0.15, 0.2) is 52.4 Å². The molecule has 110 valence electrons. The Morgan fingerprint density at radius 1 is 1.24 bits per heavy atom. The topological polar surface area (TPSA) is 102 Å². The first-order chi connectivity index (χ1) is 9.91. The van der Waals surface area contributed by atoms with Crippen LogP contribution in [0.1, 0.15) is 5.56 Å². The number of rotatable bonds is 4. The van der Waals surface area contributed by atoms with Crippen LogP contribution >= 0.6 is 0 Å². The summed E-state index contributed by atoms with van der Waals surface area (Å²) in [6, 6.07) is 10.9. The Hall–Kier alpha value is -2.38. The van der Waals surface area contributed by atoms with Crippen LogP contribution in [-0.4, -0.2) is 26.8 Å². The van der Waals surface area contributed by atoms with Gasteiger partial charge in [0, 0.05) is 11.8 Å². The number of sulfonamides is 1. The maximum atomic E-state index is 11.3. The average molecular weight is 306 g/mol. The van der Waals surface area contributed by atoms with Gasteiger partial charge < -0.3 is 9.84 Å². The minimum Gasteiger partial charge on any atom is -0.504 e. The molecule has 0 saturated carbocycles. The van der Waals surface area contributed by atoms with Crippen molar-refractivity contribution in [1.29, 1.82) is 0 Å². The Kier molecular flexibility index (Phi) is 4.25. The van der Waals surface area contributed by atoms with Crippen molar-refractivity contribution in [1.82, 2.24) is 0 Å². The molecule has 21 heavy (non-hydrogen) atoms. The number of benzene rings is 2. The first-order valence-electron chi connectivity index (χ1n) is 5.95. The number of aliphatic imine (C=N–C) groups is 1. The molecule has 2 aromatic rings. The van der Waals surface area contributed by atoms with Crippen molar-refractivity contribution >= 4 is 21.9 Å². The van der Waals surface area contributed by atoms with Crippen LogP contribution in [0.5, 0.6) is 11.5 Å². The summed E-state index contributed by atoms with van der Waals surface area (Å²) in [7, 11) is -2.32. The van der Waals surface area contributed by atoms with E-state index in [-0.39, 0.29) is 10.6 Å². The molecule has 0 aliphatic carbocycles. The van der Waals surface area contributed by atoms with Crippen LogP contribution in [0.25, 0.3) is 0 Å². The minimum absolute atomic E-state index is 0.0213. The molecule has 0 radical (unpaired) electrons. The van der Waals surface area contributed by atoms with Gasteiger partial charge in [0.05, 0.1) is 17.7 Å². The van der Waals surface area contributed by atoms with Crippen molar-refractivity contribution in [3.05, 3.63) is 48.0 Å². The van der Waals surface area contributed by atoms with E-state index in [1.54, 1.807) is 24.3 Å². The number of nitrogens with zero attached hydrogens (tertiary/aromatic N) is 1. The molecule has 0 heterocycles. The summed E-state index contributed by atoms with van der Waals surface area (Å²) in [5.41, 5.74) is 0.860. The highest BCUT2D eigenvalue weighted by Gasteiger charge is 2.08. The summed E-state index contributed by atoms with van der Waals surface area (Å²) in [4.78, 5) is 4.11. The Morgan fingerprint density at radius 3 is 2.62 bits per heavy atom. The quantitative estimate of drug-likeness (QED) is 0.841. The Morgan fingerprint density at radius 2 is 1.95 bits per heavy atom. The van der Waals surface area contributed by atoms with E-state index in [0.717, 1.165) is 0 Å². The normalized spacial score (nSPS) is 11.7.